The van der Waals surface area contributed by atoms with Crippen LogP contribution in [0.4, 0.5) is 0 Å². The summed E-state index contributed by atoms with van der Waals surface area (Å²) in [5, 5.41) is 11.4. The van der Waals surface area contributed by atoms with Gasteiger partial charge in [-0.2, -0.15) is 5.10 Å². The van der Waals surface area contributed by atoms with Gasteiger partial charge in [-0.3, -0.25) is 9.59 Å². The molecule has 0 bridgehead atoms. The Bertz CT molecular complexity index is 1350. The lowest BCUT2D eigenvalue weighted by molar-refractivity contribution is -0.122. The van der Waals surface area contributed by atoms with Crippen LogP contribution >= 0.6 is 11.8 Å². The number of esters is 1. The number of pyridine rings is 2. The van der Waals surface area contributed by atoms with Crippen molar-refractivity contribution < 1.29 is 14.3 Å². The Morgan fingerprint density at radius 1 is 1.15 bits per heavy atom. The molecule has 0 atom stereocenters. The molecule has 0 radical (unpaired) electrons. The molecule has 1 aliphatic rings. The first-order chi connectivity index (χ1) is 16.0. The molecule has 1 amide bonds. The van der Waals surface area contributed by atoms with Crippen molar-refractivity contribution in [3.8, 4) is 0 Å². The molecule has 0 fully saturated rings. The highest BCUT2D eigenvalue weighted by atomic mass is 32.2. The summed E-state index contributed by atoms with van der Waals surface area (Å²) >= 11 is 1.32. The molecular formula is C23H21N5O4S. The van der Waals surface area contributed by atoms with E-state index in [1.165, 1.54) is 18.0 Å². The molecule has 33 heavy (non-hydrogen) atoms. The second kappa shape index (κ2) is 9.78. The Kier molecular flexibility index (Phi) is 6.64. The van der Waals surface area contributed by atoms with E-state index in [0.29, 0.717) is 28.5 Å². The van der Waals surface area contributed by atoms with Crippen LogP contribution in [0.1, 0.15) is 28.5 Å². The Hall–Kier alpha value is -3.79. The first kappa shape index (κ1) is 22.4. The van der Waals surface area contributed by atoms with E-state index in [1.807, 2.05) is 44.2 Å². The van der Waals surface area contributed by atoms with Crippen LogP contribution in [-0.2, 0) is 16.1 Å². The number of amidine groups is 1. The van der Waals surface area contributed by atoms with Crippen molar-refractivity contribution in [1.29, 1.82) is 0 Å². The smallest absolute Gasteiger partial charge is 0.344 e. The van der Waals surface area contributed by atoms with Gasteiger partial charge in [-0.1, -0.05) is 42.1 Å². The highest BCUT2D eigenvalue weighted by molar-refractivity contribution is 8.14. The fraction of sp³-hybridized carbons (Fsp3) is 0.217. The molecule has 1 aromatic carbocycles. The van der Waals surface area contributed by atoms with Crippen molar-refractivity contribution >= 4 is 45.6 Å². The zero-order valence-corrected chi connectivity index (χ0v) is 18.9. The maximum atomic E-state index is 12.8. The number of hydrogen-bond donors (Lipinski definition) is 1. The third kappa shape index (κ3) is 5.01. The number of ether oxygens (including phenoxy) is 1. The molecule has 10 heteroatoms. The van der Waals surface area contributed by atoms with Crippen molar-refractivity contribution in [1.82, 2.24) is 14.9 Å². The SMILES string of the molecule is CCn1cc(C(=O)OCC(=O)NC2=NN=C(c3ccccc3)CS2)c(=O)c2ccc(C)nc21. The van der Waals surface area contributed by atoms with Gasteiger partial charge < -0.3 is 14.6 Å². The molecule has 1 N–H and O–H groups in total. The minimum absolute atomic E-state index is 0.149. The third-order valence-corrected chi connectivity index (χ3v) is 5.79. The number of amides is 1. The molecule has 168 valence electrons. The van der Waals surface area contributed by atoms with Gasteiger partial charge in [0.15, 0.2) is 11.8 Å². The monoisotopic (exact) mass is 463 g/mol. The lowest BCUT2D eigenvalue weighted by Gasteiger charge is -2.13. The van der Waals surface area contributed by atoms with Crippen LogP contribution in [0.15, 0.2) is 63.7 Å². The summed E-state index contributed by atoms with van der Waals surface area (Å²) in [5.74, 6) is -0.895. The molecule has 1 aliphatic heterocycles. The van der Waals surface area contributed by atoms with Crippen LogP contribution in [-0.4, -0.2) is 44.7 Å². The minimum atomic E-state index is -0.873. The second-order valence-corrected chi connectivity index (χ2v) is 8.18. The second-order valence-electron chi connectivity index (χ2n) is 7.21. The molecule has 0 spiro atoms. The van der Waals surface area contributed by atoms with E-state index < -0.39 is 23.9 Å². The van der Waals surface area contributed by atoms with Crippen molar-refractivity contribution in [3.05, 3.63) is 75.7 Å². The normalized spacial score (nSPS) is 13.3. The number of hydrogen-bond acceptors (Lipinski definition) is 8. The number of nitrogens with one attached hydrogen (secondary N) is 1. The third-order valence-electron chi connectivity index (χ3n) is 4.92. The van der Waals surface area contributed by atoms with Crippen LogP contribution in [0, 0.1) is 6.92 Å². The zero-order valence-electron chi connectivity index (χ0n) is 18.1. The lowest BCUT2D eigenvalue weighted by Crippen LogP contribution is -2.34. The summed E-state index contributed by atoms with van der Waals surface area (Å²) in [4.78, 5) is 41.9. The van der Waals surface area contributed by atoms with Gasteiger partial charge >= 0.3 is 5.97 Å². The quantitative estimate of drug-likeness (QED) is 0.582. The number of aryl methyl sites for hydroxylation is 2. The standard InChI is InChI=1S/C23H21N5O4S/c1-3-28-11-17(20(30)16-10-9-14(2)24-21(16)28)22(31)32-12-19(29)25-23-27-26-18(13-33-23)15-7-5-4-6-8-15/h4-11H,3,12-13H2,1-2H3,(H,25,27,29). The number of carbonyl (C=O) groups excluding carboxylic acids is 2. The summed E-state index contributed by atoms with van der Waals surface area (Å²) in [6.07, 6.45) is 1.41. The number of rotatable bonds is 5. The van der Waals surface area contributed by atoms with E-state index in [2.05, 4.69) is 20.5 Å². The number of fused-ring (bicyclic) bond motifs is 1. The predicted molar refractivity (Wildman–Crippen MR) is 128 cm³/mol. The summed E-state index contributed by atoms with van der Waals surface area (Å²) in [5.41, 5.74) is 2.40. The molecule has 0 unspecified atom stereocenters. The maximum absolute atomic E-state index is 12.8. The molecular weight excluding hydrogens is 442 g/mol. The average molecular weight is 464 g/mol. The van der Waals surface area contributed by atoms with Gasteiger partial charge in [0.05, 0.1) is 11.1 Å². The molecule has 3 aromatic rings. The van der Waals surface area contributed by atoms with Crippen LogP contribution < -0.4 is 10.7 Å². The molecule has 9 nitrogen and oxygen atoms in total. The van der Waals surface area contributed by atoms with E-state index in [0.717, 1.165) is 17.0 Å². The van der Waals surface area contributed by atoms with Crippen molar-refractivity contribution in [3.63, 3.8) is 0 Å². The molecule has 3 heterocycles. The van der Waals surface area contributed by atoms with Crippen LogP contribution in [0.5, 0.6) is 0 Å². The van der Waals surface area contributed by atoms with Gasteiger partial charge in [0.2, 0.25) is 5.43 Å². The highest BCUT2D eigenvalue weighted by Gasteiger charge is 2.20. The fourth-order valence-corrected chi connectivity index (χ4v) is 4.03. The summed E-state index contributed by atoms with van der Waals surface area (Å²) in [7, 11) is 0. The van der Waals surface area contributed by atoms with Crippen LogP contribution in [0.2, 0.25) is 0 Å². The fourth-order valence-electron chi connectivity index (χ4n) is 3.24. The number of aromatic nitrogens is 2. The lowest BCUT2D eigenvalue weighted by atomic mass is 10.1. The highest BCUT2D eigenvalue weighted by Crippen LogP contribution is 2.15. The van der Waals surface area contributed by atoms with Gasteiger partial charge in [0, 0.05) is 24.2 Å². The Morgan fingerprint density at radius 3 is 2.64 bits per heavy atom. The Labute approximate surface area is 193 Å². The Balaban J connectivity index is 1.42. The first-order valence-electron chi connectivity index (χ1n) is 10.3. The van der Waals surface area contributed by atoms with Gasteiger partial charge in [-0.15, -0.1) is 5.10 Å². The van der Waals surface area contributed by atoms with E-state index in [-0.39, 0.29) is 5.56 Å². The van der Waals surface area contributed by atoms with E-state index >= 15 is 0 Å². The Morgan fingerprint density at radius 2 is 1.94 bits per heavy atom. The van der Waals surface area contributed by atoms with E-state index in [1.54, 1.807) is 16.7 Å². The summed E-state index contributed by atoms with van der Waals surface area (Å²) in [6, 6.07) is 13.0. The van der Waals surface area contributed by atoms with E-state index in [4.69, 9.17) is 4.74 Å². The average Bonchev–Trinajstić information content (AvgIpc) is 2.84. The number of benzene rings is 1. The minimum Gasteiger partial charge on any atom is -0.452 e. The topological polar surface area (TPSA) is 115 Å². The van der Waals surface area contributed by atoms with Gasteiger partial charge in [0.25, 0.3) is 5.91 Å². The first-order valence-corrected chi connectivity index (χ1v) is 11.3. The van der Waals surface area contributed by atoms with Gasteiger partial charge in [0.1, 0.15) is 11.2 Å². The molecule has 2 aromatic heterocycles. The van der Waals surface area contributed by atoms with E-state index in [9.17, 15) is 14.4 Å². The number of thioether (sulfide) groups is 1. The molecule has 0 saturated heterocycles. The molecule has 0 aliphatic carbocycles. The number of carbonyl (C=O) groups is 2. The largest absolute Gasteiger partial charge is 0.452 e. The number of nitrogens with zero attached hydrogens (tertiary/aromatic N) is 4. The van der Waals surface area contributed by atoms with Crippen molar-refractivity contribution in [2.45, 2.75) is 20.4 Å². The maximum Gasteiger partial charge on any atom is 0.344 e. The summed E-state index contributed by atoms with van der Waals surface area (Å²) < 4.78 is 6.79. The molecule has 4 rings (SSSR count). The van der Waals surface area contributed by atoms with Crippen molar-refractivity contribution in [2.24, 2.45) is 10.2 Å². The van der Waals surface area contributed by atoms with Gasteiger partial charge in [-0.05, 0) is 31.5 Å². The van der Waals surface area contributed by atoms with Gasteiger partial charge in [-0.25, -0.2) is 9.78 Å². The van der Waals surface area contributed by atoms with Crippen LogP contribution in [0.3, 0.4) is 0 Å². The summed E-state index contributed by atoms with van der Waals surface area (Å²) in [6.45, 7) is 3.66. The van der Waals surface area contributed by atoms with Crippen molar-refractivity contribution in [2.75, 3.05) is 12.4 Å². The zero-order chi connectivity index (χ0) is 23.4. The van der Waals surface area contributed by atoms with Crippen LogP contribution in [0.25, 0.3) is 11.0 Å². The predicted octanol–water partition coefficient (Wildman–Crippen LogP) is 2.50. The molecule has 0 saturated carbocycles.